The second-order valence-electron chi connectivity index (χ2n) is 7.08. The Morgan fingerprint density at radius 2 is 1.68 bits per heavy atom. The summed E-state index contributed by atoms with van der Waals surface area (Å²) in [4.78, 5) is 7.32. The van der Waals surface area contributed by atoms with E-state index in [1.165, 1.54) is 5.56 Å². The highest BCUT2D eigenvalue weighted by Crippen LogP contribution is 2.42. The Bertz CT molecular complexity index is 612. The van der Waals surface area contributed by atoms with E-state index in [2.05, 4.69) is 63.6 Å². The van der Waals surface area contributed by atoms with E-state index >= 15 is 0 Å². The van der Waals surface area contributed by atoms with Crippen LogP contribution in [-0.4, -0.2) is 18.3 Å². The van der Waals surface area contributed by atoms with Gasteiger partial charge in [-0.05, 0) is 34.3 Å². The molecule has 122 valence electrons. The minimum absolute atomic E-state index is 0.461. The second-order valence-corrected chi connectivity index (χ2v) is 12.5. The van der Waals surface area contributed by atoms with E-state index in [1.54, 1.807) is 0 Å². The maximum absolute atomic E-state index is 6.63. The zero-order valence-corrected chi connectivity index (χ0v) is 15.6. The van der Waals surface area contributed by atoms with Gasteiger partial charge >= 0.3 is 0 Å². The molecule has 22 heavy (non-hydrogen) atoms. The third-order valence-electron chi connectivity index (χ3n) is 4.76. The summed E-state index contributed by atoms with van der Waals surface area (Å²) in [7, 11) is -1.82. The van der Waals surface area contributed by atoms with Crippen molar-refractivity contribution in [1.29, 1.82) is 0 Å². The highest BCUT2D eigenvalue weighted by Gasteiger charge is 2.44. The quantitative estimate of drug-likeness (QED) is 0.749. The molecule has 0 aliphatic carbocycles. The Labute approximate surface area is 134 Å². The number of anilines is 1. The number of nitrogens with one attached hydrogen (secondary N) is 1. The summed E-state index contributed by atoms with van der Waals surface area (Å²) < 4.78 is 6.63. The number of hydrogen-bond donors (Lipinski definition) is 2. The molecule has 0 unspecified atom stereocenters. The molecule has 2 aromatic rings. The van der Waals surface area contributed by atoms with Crippen molar-refractivity contribution in [3.8, 4) is 0 Å². The van der Waals surface area contributed by atoms with Gasteiger partial charge in [0, 0.05) is 0 Å². The van der Waals surface area contributed by atoms with Gasteiger partial charge in [0.2, 0.25) is 8.32 Å². The van der Waals surface area contributed by atoms with Crippen molar-refractivity contribution < 1.29 is 4.43 Å². The van der Waals surface area contributed by atoms with E-state index in [9.17, 15) is 0 Å². The lowest BCUT2D eigenvalue weighted by molar-refractivity contribution is 0.266. The zero-order valence-electron chi connectivity index (χ0n) is 14.6. The summed E-state index contributed by atoms with van der Waals surface area (Å²) in [6.07, 6.45) is 0. The van der Waals surface area contributed by atoms with E-state index in [-0.39, 0.29) is 0 Å². The van der Waals surface area contributed by atoms with Crippen LogP contribution >= 0.6 is 0 Å². The predicted octanol–water partition coefficient (Wildman–Crippen LogP) is 4.84. The fraction of sp³-hybridized carbons (Fsp3) is 0.588. The van der Waals surface area contributed by atoms with Crippen molar-refractivity contribution >= 4 is 25.3 Å². The van der Waals surface area contributed by atoms with Crippen molar-refractivity contribution in [3.63, 3.8) is 0 Å². The number of aromatic nitrogens is 2. The van der Waals surface area contributed by atoms with Crippen molar-refractivity contribution in [2.75, 3.05) is 5.73 Å². The van der Waals surface area contributed by atoms with E-state index < -0.39 is 8.32 Å². The average molecular weight is 320 g/mol. The van der Waals surface area contributed by atoms with Gasteiger partial charge in [-0.1, -0.05) is 47.6 Å². The van der Waals surface area contributed by atoms with Gasteiger partial charge < -0.3 is 15.1 Å². The van der Waals surface area contributed by atoms with Gasteiger partial charge in [0.15, 0.2) is 5.95 Å². The molecule has 0 bridgehead atoms. The van der Waals surface area contributed by atoms with Crippen LogP contribution in [0.3, 0.4) is 0 Å². The van der Waals surface area contributed by atoms with Crippen molar-refractivity contribution in [2.45, 2.75) is 64.8 Å². The summed E-state index contributed by atoms with van der Waals surface area (Å²) in [5, 5.41) is 0. The van der Waals surface area contributed by atoms with Gasteiger partial charge in [-0.2, -0.15) is 0 Å². The van der Waals surface area contributed by atoms with Crippen LogP contribution in [0.15, 0.2) is 18.2 Å². The molecule has 4 nitrogen and oxygen atoms in total. The molecule has 1 aromatic carbocycles. The highest BCUT2D eigenvalue weighted by molar-refractivity contribution is 6.77. The molecule has 0 saturated carbocycles. The number of H-pyrrole nitrogens is 1. The molecule has 1 heterocycles. The van der Waals surface area contributed by atoms with Crippen molar-refractivity contribution in [3.05, 3.63) is 23.8 Å². The lowest BCUT2D eigenvalue weighted by atomic mass is 10.2. The molecule has 5 heteroatoms. The van der Waals surface area contributed by atoms with Gasteiger partial charge in [-0.15, -0.1) is 0 Å². The first-order chi connectivity index (χ1) is 10.3. The van der Waals surface area contributed by atoms with Gasteiger partial charge in [-0.3, -0.25) is 0 Å². The number of nitrogen functional groups attached to an aromatic ring is 1. The molecule has 3 N–H and O–H groups in total. The molecule has 1 aromatic heterocycles. The maximum Gasteiger partial charge on any atom is 0.200 e. The summed E-state index contributed by atoms with van der Waals surface area (Å²) in [5.74, 6) is 0.461. The predicted molar refractivity (Wildman–Crippen MR) is 96.3 cm³/mol. The summed E-state index contributed by atoms with van der Waals surface area (Å²) >= 11 is 0. The minimum Gasteiger partial charge on any atom is -0.412 e. The Morgan fingerprint density at radius 3 is 2.23 bits per heavy atom. The number of nitrogens with zero attached hydrogens (tertiary/aromatic N) is 1. The summed E-state index contributed by atoms with van der Waals surface area (Å²) in [6, 6.07) is 6.19. The highest BCUT2D eigenvalue weighted by atomic mass is 28.4. The first-order valence-electron chi connectivity index (χ1n) is 8.15. The fourth-order valence-corrected chi connectivity index (χ4v) is 9.29. The number of rotatable bonds is 6. The first kappa shape index (κ1) is 17.0. The standard InChI is InChI=1S/C17H29N3OSi/c1-11(2)22(12(3)4,13(5)6)21-10-14-7-8-15-16(9-14)20-17(18)19-15/h7-9,11-13H,10H2,1-6H3,(H3,18,19,20). The topological polar surface area (TPSA) is 63.9 Å². The molecule has 0 spiro atoms. The van der Waals surface area contributed by atoms with Crippen LogP contribution in [0.1, 0.15) is 47.1 Å². The number of fused-ring (bicyclic) bond motifs is 1. The lowest BCUT2D eigenvalue weighted by Gasteiger charge is -2.42. The lowest BCUT2D eigenvalue weighted by Crippen LogP contribution is -2.47. The molecule has 0 saturated heterocycles. The van der Waals surface area contributed by atoms with E-state index in [4.69, 9.17) is 10.2 Å². The molecule has 0 fully saturated rings. The molecule has 0 aliphatic rings. The normalized spacial score (nSPS) is 13.0. The molecule has 0 aliphatic heterocycles. The largest absolute Gasteiger partial charge is 0.412 e. The van der Waals surface area contributed by atoms with Gasteiger partial charge in [0.25, 0.3) is 0 Å². The third kappa shape index (κ3) is 3.06. The van der Waals surface area contributed by atoms with Gasteiger partial charge in [0.05, 0.1) is 17.6 Å². The number of imidazole rings is 1. The molecule has 2 rings (SSSR count). The fourth-order valence-electron chi connectivity index (χ4n) is 3.87. The minimum atomic E-state index is -1.82. The van der Waals surface area contributed by atoms with E-state index in [1.807, 2.05) is 6.07 Å². The van der Waals surface area contributed by atoms with Crippen LogP contribution in [0.2, 0.25) is 16.6 Å². The van der Waals surface area contributed by atoms with Crippen LogP contribution in [0.4, 0.5) is 5.95 Å². The molecule has 0 atom stereocenters. The SMILES string of the molecule is CC(C)[Si](OCc1ccc2nc(N)[nH]c2c1)(C(C)C)C(C)C. The van der Waals surface area contributed by atoms with Crippen molar-refractivity contribution in [2.24, 2.45) is 0 Å². The van der Waals surface area contributed by atoms with Crippen LogP contribution < -0.4 is 5.73 Å². The molecule has 0 radical (unpaired) electrons. The van der Waals surface area contributed by atoms with Crippen LogP contribution in [0.25, 0.3) is 11.0 Å². The Hall–Kier alpha value is -1.33. The average Bonchev–Trinajstić information content (AvgIpc) is 2.77. The first-order valence-corrected chi connectivity index (χ1v) is 10.3. The van der Waals surface area contributed by atoms with Gasteiger partial charge in [-0.25, -0.2) is 4.98 Å². The van der Waals surface area contributed by atoms with Crippen LogP contribution in [-0.2, 0) is 11.0 Å². The Balaban J connectivity index is 2.23. The number of aromatic amines is 1. The van der Waals surface area contributed by atoms with Crippen LogP contribution in [0, 0.1) is 0 Å². The third-order valence-corrected chi connectivity index (χ3v) is 10.8. The number of benzene rings is 1. The molecular weight excluding hydrogens is 290 g/mol. The van der Waals surface area contributed by atoms with Crippen molar-refractivity contribution in [1.82, 2.24) is 9.97 Å². The Morgan fingerprint density at radius 1 is 1.09 bits per heavy atom. The number of nitrogens with two attached hydrogens (primary N) is 1. The maximum atomic E-state index is 6.63. The monoisotopic (exact) mass is 319 g/mol. The van der Waals surface area contributed by atoms with Crippen LogP contribution in [0.5, 0.6) is 0 Å². The van der Waals surface area contributed by atoms with Gasteiger partial charge in [0.1, 0.15) is 0 Å². The zero-order chi connectivity index (χ0) is 16.5. The molecule has 0 amide bonds. The smallest absolute Gasteiger partial charge is 0.200 e. The second kappa shape index (κ2) is 6.42. The van der Waals surface area contributed by atoms with E-state index in [0.717, 1.165) is 11.0 Å². The summed E-state index contributed by atoms with van der Waals surface area (Å²) in [5.41, 5.74) is 10.6. The molecular formula is C17H29N3OSi. The number of hydrogen-bond acceptors (Lipinski definition) is 3. The van der Waals surface area contributed by atoms with E-state index in [0.29, 0.717) is 29.2 Å². The summed E-state index contributed by atoms with van der Waals surface area (Å²) in [6.45, 7) is 14.5. The Kier molecular flexibility index (Phi) is 4.97.